The molecule has 2 saturated heterocycles. The molecule has 0 radical (unpaired) electrons. The fourth-order valence-electron chi connectivity index (χ4n) is 2.73. The molecule has 0 saturated carbocycles. The van der Waals surface area contributed by atoms with E-state index < -0.39 is 0 Å². The summed E-state index contributed by atoms with van der Waals surface area (Å²) in [6, 6.07) is 0. The molecule has 0 spiro atoms. The quantitative estimate of drug-likeness (QED) is 0.584. The van der Waals surface area contributed by atoms with Crippen LogP contribution < -0.4 is 5.32 Å². The molecular weight excluding hydrogens is 148 g/mol. The predicted molar refractivity (Wildman–Crippen MR) is 50.8 cm³/mol. The Morgan fingerprint density at radius 3 is 2.42 bits per heavy atom. The van der Waals surface area contributed by atoms with E-state index in [4.69, 9.17) is 0 Å². The van der Waals surface area contributed by atoms with Gasteiger partial charge in [0.2, 0.25) is 0 Å². The highest BCUT2D eigenvalue weighted by Crippen LogP contribution is 2.24. The van der Waals surface area contributed by atoms with E-state index in [0.29, 0.717) is 0 Å². The number of hydrogen-bond donors (Lipinski definition) is 1. The first-order valence-corrected chi connectivity index (χ1v) is 5.39. The summed E-state index contributed by atoms with van der Waals surface area (Å²) in [5, 5.41) is 3.67. The predicted octanol–water partition coefficient (Wildman–Crippen LogP) is 1.33. The summed E-state index contributed by atoms with van der Waals surface area (Å²) in [6.07, 6.45) is 7.88. The minimum absolute atomic E-state index is 0.779. The topological polar surface area (TPSA) is 12.0 Å². The molecule has 0 aromatic rings. The zero-order valence-electron chi connectivity index (χ0n) is 8.18. The van der Waals surface area contributed by atoms with E-state index in [0.717, 1.165) is 6.17 Å². The van der Waals surface area contributed by atoms with Gasteiger partial charge in [-0.15, -0.1) is 0 Å². The fraction of sp³-hybridized carbons (Fsp3) is 1.00. The van der Waals surface area contributed by atoms with Crippen LogP contribution in [0.15, 0.2) is 0 Å². The molecule has 1 unspecified atom stereocenters. The Morgan fingerprint density at radius 2 is 1.83 bits per heavy atom. The van der Waals surface area contributed by atoms with E-state index in [1.54, 1.807) is 0 Å². The molecule has 2 aliphatic heterocycles. The van der Waals surface area contributed by atoms with E-state index in [2.05, 4.69) is 12.4 Å². The Balaban J connectivity index is 1.96. The first-order valence-electron chi connectivity index (χ1n) is 5.39. The minimum atomic E-state index is 0.779. The molecule has 1 N–H and O–H groups in total. The number of rotatable bonds is 1. The van der Waals surface area contributed by atoms with Gasteiger partial charge >= 0.3 is 0 Å². The summed E-state index contributed by atoms with van der Waals surface area (Å²) in [6.45, 7) is 4.05. The van der Waals surface area contributed by atoms with Crippen molar-refractivity contribution in [2.24, 2.45) is 0 Å². The number of piperidine rings is 1. The van der Waals surface area contributed by atoms with Crippen molar-refractivity contribution in [2.75, 3.05) is 26.7 Å². The van der Waals surface area contributed by atoms with Gasteiger partial charge in [-0.1, -0.05) is 0 Å². The molecule has 1 atom stereocenters. The van der Waals surface area contributed by atoms with Crippen molar-refractivity contribution < 1.29 is 4.48 Å². The second-order valence-corrected chi connectivity index (χ2v) is 4.60. The first-order chi connectivity index (χ1) is 5.81. The van der Waals surface area contributed by atoms with Crippen LogP contribution in [0.5, 0.6) is 0 Å². The van der Waals surface area contributed by atoms with Gasteiger partial charge in [-0.3, -0.25) is 5.32 Å². The zero-order valence-corrected chi connectivity index (χ0v) is 8.18. The van der Waals surface area contributed by atoms with Crippen LogP contribution >= 0.6 is 0 Å². The average Bonchev–Trinajstić information content (AvgIpc) is 2.55. The Kier molecular flexibility index (Phi) is 2.37. The monoisotopic (exact) mass is 169 g/mol. The summed E-state index contributed by atoms with van der Waals surface area (Å²) in [5.41, 5.74) is 0. The van der Waals surface area contributed by atoms with Crippen LogP contribution in [0.2, 0.25) is 0 Å². The van der Waals surface area contributed by atoms with Gasteiger partial charge < -0.3 is 4.48 Å². The van der Waals surface area contributed by atoms with Gasteiger partial charge in [0.05, 0.1) is 20.1 Å². The van der Waals surface area contributed by atoms with E-state index in [1.807, 2.05) is 0 Å². The molecule has 0 aromatic heterocycles. The van der Waals surface area contributed by atoms with Gasteiger partial charge in [-0.2, -0.15) is 0 Å². The minimum Gasteiger partial charge on any atom is -0.311 e. The largest absolute Gasteiger partial charge is 0.311 e. The van der Waals surface area contributed by atoms with Gasteiger partial charge in [0.25, 0.3) is 0 Å². The first kappa shape index (κ1) is 8.52. The molecule has 12 heavy (non-hydrogen) atoms. The highest BCUT2D eigenvalue weighted by atomic mass is 15.4. The average molecular weight is 169 g/mol. The molecule has 2 aliphatic rings. The Hall–Kier alpha value is -0.0800. The fourth-order valence-corrected chi connectivity index (χ4v) is 2.73. The molecule has 2 rings (SSSR count). The number of likely N-dealkylation sites (tertiary alicyclic amines) is 1. The van der Waals surface area contributed by atoms with Crippen molar-refractivity contribution >= 4 is 0 Å². The van der Waals surface area contributed by atoms with Gasteiger partial charge in [-0.05, 0) is 12.8 Å². The Morgan fingerprint density at radius 1 is 1.08 bits per heavy atom. The molecule has 2 nitrogen and oxygen atoms in total. The lowest BCUT2D eigenvalue weighted by atomic mass is 10.1. The van der Waals surface area contributed by atoms with Crippen LogP contribution in [0.1, 0.15) is 32.1 Å². The number of hydrogen-bond acceptors (Lipinski definition) is 1. The van der Waals surface area contributed by atoms with Crippen LogP contribution in [0, 0.1) is 0 Å². The van der Waals surface area contributed by atoms with Gasteiger partial charge in [-0.25, -0.2) is 0 Å². The van der Waals surface area contributed by atoms with Crippen molar-refractivity contribution in [1.82, 2.24) is 5.32 Å². The molecule has 0 aliphatic carbocycles. The highest BCUT2D eigenvalue weighted by molar-refractivity contribution is 4.67. The number of nitrogens with zero attached hydrogens (tertiary/aromatic N) is 1. The van der Waals surface area contributed by atoms with Crippen LogP contribution in [0.25, 0.3) is 0 Å². The van der Waals surface area contributed by atoms with Crippen LogP contribution in [-0.4, -0.2) is 37.3 Å². The molecule has 2 heteroatoms. The van der Waals surface area contributed by atoms with Crippen molar-refractivity contribution in [2.45, 2.75) is 38.3 Å². The third-order valence-electron chi connectivity index (χ3n) is 3.62. The summed E-state index contributed by atoms with van der Waals surface area (Å²) >= 11 is 0. The second-order valence-electron chi connectivity index (χ2n) is 4.60. The zero-order chi connectivity index (χ0) is 8.44. The van der Waals surface area contributed by atoms with Gasteiger partial charge in [0.1, 0.15) is 6.17 Å². The highest BCUT2D eigenvalue weighted by Gasteiger charge is 2.35. The van der Waals surface area contributed by atoms with E-state index in [1.165, 1.54) is 56.2 Å². The van der Waals surface area contributed by atoms with Crippen LogP contribution in [0.3, 0.4) is 0 Å². The lowest BCUT2D eigenvalue weighted by molar-refractivity contribution is -0.926. The number of nitrogens with one attached hydrogen (secondary N) is 1. The van der Waals surface area contributed by atoms with E-state index in [-0.39, 0.29) is 0 Å². The molecule has 0 bridgehead atoms. The maximum absolute atomic E-state index is 3.67. The van der Waals surface area contributed by atoms with E-state index in [9.17, 15) is 0 Å². The molecule has 0 amide bonds. The summed E-state index contributed by atoms with van der Waals surface area (Å²) < 4.78 is 1.31. The molecule has 2 fully saturated rings. The molecule has 2 heterocycles. The van der Waals surface area contributed by atoms with Gasteiger partial charge in [0.15, 0.2) is 0 Å². The van der Waals surface area contributed by atoms with Crippen molar-refractivity contribution in [3.63, 3.8) is 0 Å². The maximum Gasteiger partial charge on any atom is 0.142 e. The summed E-state index contributed by atoms with van der Waals surface area (Å²) in [4.78, 5) is 0. The lowest BCUT2D eigenvalue weighted by Gasteiger charge is -2.40. The molecular formula is C10H21N2+. The normalized spacial score (nSPS) is 35.2. The van der Waals surface area contributed by atoms with Crippen molar-refractivity contribution in [1.29, 1.82) is 0 Å². The lowest BCUT2D eigenvalue weighted by Crippen LogP contribution is -2.58. The maximum atomic E-state index is 3.67. The molecule has 70 valence electrons. The Bertz CT molecular complexity index is 144. The van der Waals surface area contributed by atoms with E-state index >= 15 is 0 Å². The summed E-state index contributed by atoms with van der Waals surface area (Å²) in [7, 11) is 2.43. The van der Waals surface area contributed by atoms with Crippen molar-refractivity contribution in [3.8, 4) is 0 Å². The smallest absolute Gasteiger partial charge is 0.142 e. The SMILES string of the molecule is C[N+]1(C2CCCCN2)CCCC1. The second kappa shape index (κ2) is 3.35. The van der Waals surface area contributed by atoms with Crippen molar-refractivity contribution in [3.05, 3.63) is 0 Å². The summed E-state index contributed by atoms with van der Waals surface area (Å²) in [5.74, 6) is 0. The van der Waals surface area contributed by atoms with Crippen LogP contribution in [-0.2, 0) is 0 Å². The third kappa shape index (κ3) is 1.50. The molecule has 0 aromatic carbocycles. The third-order valence-corrected chi connectivity index (χ3v) is 3.62. The number of quaternary nitrogens is 1. The van der Waals surface area contributed by atoms with Crippen LogP contribution in [0.4, 0.5) is 0 Å². The standard InChI is InChI=1S/C10H21N2/c1-12(8-4-5-9-12)10-6-2-3-7-11-10/h10-11H,2-9H2,1H3/q+1. The van der Waals surface area contributed by atoms with Gasteiger partial charge in [0, 0.05) is 25.8 Å². The Labute approximate surface area is 75.5 Å².